The van der Waals surface area contributed by atoms with Crippen molar-refractivity contribution in [3.05, 3.63) is 19.8 Å². The first-order chi connectivity index (χ1) is 11.8. The molecule has 0 spiro atoms. The maximum absolute atomic E-state index is 8.85. The minimum atomic E-state index is -0.576. The van der Waals surface area contributed by atoms with Gasteiger partial charge in [0.15, 0.2) is 0 Å². The summed E-state index contributed by atoms with van der Waals surface area (Å²) < 4.78 is 19.5. The Morgan fingerprint density at radius 2 is 1.25 bits per heavy atom. The van der Waals surface area contributed by atoms with Crippen LogP contribution in [0, 0.1) is 19.8 Å². The van der Waals surface area contributed by atoms with Crippen LogP contribution in [0.3, 0.4) is 0 Å². The average Bonchev–Trinajstić information content (AvgIpc) is 3.45. The van der Waals surface area contributed by atoms with Crippen LogP contribution in [-0.2, 0) is 18.9 Å². The van der Waals surface area contributed by atoms with Crippen LogP contribution in [0.15, 0.2) is 0 Å². The van der Waals surface area contributed by atoms with Gasteiger partial charge in [-0.25, -0.2) is 0 Å². The van der Waals surface area contributed by atoms with E-state index in [1.165, 1.54) is 0 Å². The van der Waals surface area contributed by atoms with E-state index in [1.54, 1.807) is 6.61 Å². The molecular formula is C16H33O9Rf3-3. The van der Waals surface area contributed by atoms with E-state index in [2.05, 4.69) is 9.47 Å². The summed E-state index contributed by atoms with van der Waals surface area (Å²) in [6.07, 6.45) is -0.948. The van der Waals surface area contributed by atoms with Gasteiger partial charge in [0, 0.05) is 0 Å². The molecule has 28 heavy (non-hydrogen) atoms. The monoisotopic (exact) mass is 1170 g/mol. The maximum atomic E-state index is 8.85. The minimum absolute atomic E-state index is 0. The number of aliphatic hydroxyl groups excluding tert-OH is 5. The van der Waals surface area contributed by atoms with E-state index in [1.807, 2.05) is 20.8 Å². The Kier molecular flexibility index (Phi) is 30.1. The van der Waals surface area contributed by atoms with Crippen LogP contribution in [0.5, 0.6) is 0 Å². The second-order valence-electron chi connectivity index (χ2n) is 5.75. The third kappa shape index (κ3) is 34.1. The van der Waals surface area contributed by atoms with Crippen LogP contribution in [0.1, 0.15) is 20.8 Å². The summed E-state index contributed by atoms with van der Waals surface area (Å²) in [5, 5.41) is 42.1. The van der Waals surface area contributed by atoms with Gasteiger partial charge in [0.2, 0.25) is 0 Å². The van der Waals surface area contributed by atoms with Crippen molar-refractivity contribution in [3.63, 3.8) is 0 Å². The molecule has 0 saturated carbocycles. The zero-order chi connectivity index (χ0) is 19.6. The van der Waals surface area contributed by atoms with E-state index < -0.39 is 6.10 Å². The van der Waals surface area contributed by atoms with Crippen molar-refractivity contribution in [1.29, 1.82) is 0 Å². The molecule has 0 radical (unpaired) electrons. The van der Waals surface area contributed by atoms with Crippen LogP contribution in [0.2, 0.25) is 0 Å². The maximum Gasteiger partial charge on any atom is 0.100 e. The quantitative estimate of drug-likeness (QED) is 0.141. The smallest absolute Gasteiger partial charge is 0.100 e. The Hall–Kier alpha value is -3.36. The summed E-state index contributed by atoms with van der Waals surface area (Å²) in [6.45, 7) is 10.0. The Labute approximate surface area is 150 Å². The van der Waals surface area contributed by atoms with Crippen molar-refractivity contribution in [2.45, 2.75) is 38.6 Å². The van der Waals surface area contributed by atoms with E-state index in [-0.39, 0.29) is 44.7 Å². The molecule has 160 valence electrons. The van der Waals surface area contributed by atoms with E-state index in [0.717, 1.165) is 19.8 Å². The molecule has 0 aromatic heterocycles. The average molecular weight is 1170 g/mol. The zero-order valence-corrected chi connectivity index (χ0v) is 36.5. The number of rotatable bonds is 11. The fourth-order valence-electron chi connectivity index (χ4n) is 1.02. The summed E-state index contributed by atoms with van der Waals surface area (Å²) in [5.41, 5.74) is -0.236. The van der Waals surface area contributed by atoms with Gasteiger partial charge in [-0.05, 0) is 20.8 Å². The molecule has 1 aliphatic rings. The first-order valence-electron chi connectivity index (χ1n) is 7.89. The molecule has 0 aliphatic carbocycles. The molecule has 1 fully saturated rings. The van der Waals surface area contributed by atoms with Gasteiger partial charge in [0.25, 0.3) is 0 Å². The summed E-state index contributed by atoms with van der Waals surface area (Å²) in [6, 6.07) is 0. The molecule has 0 aromatic carbocycles. The van der Waals surface area contributed by atoms with Crippen molar-refractivity contribution < 1.29 is 44.5 Å². The molecule has 0 amide bonds. The Bertz CT molecular complexity index is 263. The summed E-state index contributed by atoms with van der Waals surface area (Å²) >= 11 is 0. The number of aliphatic hydroxyl groups is 5. The molecule has 1 unspecified atom stereocenters. The topological polar surface area (TPSA) is 141 Å². The molecule has 1 atom stereocenters. The summed E-state index contributed by atoms with van der Waals surface area (Å²) in [7, 11) is 0. The van der Waals surface area contributed by atoms with Crippen LogP contribution >= 0.6 is 0 Å². The van der Waals surface area contributed by atoms with Crippen molar-refractivity contribution in [1.82, 2.24) is 0 Å². The van der Waals surface area contributed by atoms with E-state index in [9.17, 15) is 0 Å². The van der Waals surface area contributed by atoms with Gasteiger partial charge in [-0.2, -0.15) is 19.8 Å². The summed E-state index contributed by atoms with van der Waals surface area (Å²) in [5.74, 6) is 0. The van der Waals surface area contributed by atoms with E-state index >= 15 is 0 Å². The van der Waals surface area contributed by atoms with Crippen LogP contribution in [-0.4, -0.2) is 89.6 Å². The number of hydrogen-bond acceptors (Lipinski definition) is 9. The molecule has 1 heterocycles. The van der Waals surface area contributed by atoms with E-state index in [4.69, 9.17) is 35.0 Å². The van der Waals surface area contributed by atoms with Gasteiger partial charge >= 0.3 is 0 Å². The predicted molar refractivity (Wildman–Crippen MR) is 89.2 cm³/mol. The molecule has 1 aliphatic heterocycles. The normalized spacial score (nSPS) is 12.8. The third-order valence-electron chi connectivity index (χ3n) is 2.29. The van der Waals surface area contributed by atoms with Crippen LogP contribution in [0.4, 0.5) is 0 Å². The molecule has 9 nitrogen and oxygen atoms in total. The molecule has 0 bridgehead atoms. The van der Waals surface area contributed by atoms with Gasteiger partial charge < -0.3 is 44.5 Å². The van der Waals surface area contributed by atoms with E-state index in [0.29, 0.717) is 6.61 Å². The SMILES string of the molecule is CC(C)(C)OCC(CO)OC[CH-]O.O[CH-]COC(CO)CO.[CH-]1CO1.[Rf].[Rf].[Rf]. The molecule has 12 heteroatoms. The Morgan fingerprint density at radius 1 is 0.893 bits per heavy atom. The van der Waals surface area contributed by atoms with Crippen LogP contribution in [0.25, 0.3) is 0 Å². The second-order valence-corrected chi connectivity index (χ2v) is 5.75. The number of hydrogen-bond donors (Lipinski definition) is 5. The Morgan fingerprint density at radius 3 is 1.50 bits per heavy atom. The van der Waals surface area contributed by atoms with Gasteiger partial charge in [0.05, 0.1) is 32.0 Å². The first-order valence-corrected chi connectivity index (χ1v) is 7.89. The van der Waals surface area contributed by atoms with Gasteiger partial charge in [-0.1, -0.05) is 19.8 Å². The van der Waals surface area contributed by atoms with Gasteiger partial charge in [0.1, 0.15) is 12.2 Å². The van der Waals surface area contributed by atoms with Gasteiger partial charge in [-0.3, -0.25) is 0 Å². The third-order valence-corrected chi connectivity index (χ3v) is 2.29. The number of epoxide rings is 1. The van der Waals surface area contributed by atoms with Crippen LogP contribution < -0.4 is 0 Å². The van der Waals surface area contributed by atoms with Crippen molar-refractivity contribution >= 4 is 0 Å². The molecule has 0 aromatic rings. The standard InChI is InChI=1S/C9H19O4.C5H11O4.C2H3O.3Rf/c1-9(2,3)13-7-8(6-11)12-5-4-10;6-1-2-9-5(3-7)4-8;1-2-3-1;;;/h4,8,10-11H,5-7H2,1-3H3;1,5-8H,2-4H2;1H,2H2;;;/q3*-1;;;. The molecule has 1 rings (SSSR count). The van der Waals surface area contributed by atoms with Crippen molar-refractivity contribution in [2.75, 3.05) is 46.2 Å². The largest absolute Gasteiger partial charge is 0.574 e. The fourth-order valence-corrected chi connectivity index (χ4v) is 1.02. The molecule has 1 saturated heterocycles. The minimum Gasteiger partial charge on any atom is -0.574 e. The second kappa shape index (κ2) is 23.6. The first kappa shape index (κ1) is 35.7. The summed E-state index contributed by atoms with van der Waals surface area (Å²) in [4.78, 5) is 0. The Balaban J connectivity index is -0.000000103. The zero-order valence-electron chi connectivity index (χ0n) is 17.3. The predicted octanol–water partition coefficient (Wildman–Crippen LogP) is -0.218. The number of ether oxygens (including phenoxy) is 4. The molecular weight excluding hydrogens is 1140 g/mol. The van der Waals surface area contributed by atoms with Crippen molar-refractivity contribution in [3.8, 4) is 0 Å². The van der Waals surface area contributed by atoms with Gasteiger partial charge in [-0.15, -0.1) is 0 Å². The molecule has 5 N–H and O–H groups in total. The van der Waals surface area contributed by atoms with Crippen molar-refractivity contribution in [2.24, 2.45) is 0 Å². The fraction of sp³-hybridized carbons (Fsp3) is 0.812.